The van der Waals surface area contributed by atoms with Crippen LogP contribution in [-0.4, -0.2) is 60.0 Å². The summed E-state index contributed by atoms with van der Waals surface area (Å²) in [5, 5.41) is 4.47. The van der Waals surface area contributed by atoms with Crippen LogP contribution >= 0.6 is 0 Å². The van der Waals surface area contributed by atoms with Crippen LogP contribution in [0.15, 0.2) is 60.7 Å². The van der Waals surface area contributed by atoms with Gasteiger partial charge in [0, 0.05) is 12.6 Å². The fourth-order valence-electron chi connectivity index (χ4n) is 4.17. The molecule has 1 fully saturated rings. The third kappa shape index (κ3) is 5.21. The molecule has 0 aliphatic carbocycles. The van der Waals surface area contributed by atoms with Crippen molar-refractivity contribution in [2.24, 2.45) is 7.05 Å². The summed E-state index contributed by atoms with van der Waals surface area (Å²) in [6.45, 7) is 7.71. The third-order valence-electron chi connectivity index (χ3n) is 5.92. The van der Waals surface area contributed by atoms with Crippen molar-refractivity contribution in [2.75, 3.05) is 39.4 Å². The van der Waals surface area contributed by atoms with Crippen molar-refractivity contribution in [1.82, 2.24) is 14.7 Å². The second kappa shape index (κ2) is 9.90. The van der Waals surface area contributed by atoms with E-state index in [1.54, 1.807) is 0 Å². The van der Waals surface area contributed by atoms with Gasteiger partial charge in [0.05, 0.1) is 44.2 Å². The van der Waals surface area contributed by atoms with E-state index < -0.39 is 0 Å². The molecule has 31 heavy (non-hydrogen) atoms. The predicted molar refractivity (Wildman–Crippen MR) is 121 cm³/mol. The highest BCUT2D eigenvalue weighted by molar-refractivity contribution is 6.00. The van der Waals surface area contributed by atoms with Crippen LogP contribution in [0.1, 0.15) is 21.7 Å². The van der Waals surface area contributed by atoms with Gasteiger partial charge >= 0.3 is 0 Å². The van der Waals surface area contributed by atoms with Crippen LogP contribution in [0.3, 0.4) is 0 Å². The lowest BCUT2D eigenvalue weighted by Gasteiger charge is -2.28. The van der Waals surface area contributed by atoms with E-state index in [2.05, 4.69) is 23.3 Å². The number of nitrogens with zero attached hydrogens (tertiary/aromatic N) is 3. The smallest absolute Gasteiger partial charge is 0.255 e. The Kier molecular flexibility index (Phi) is 6.79. The summed E-state index contributed by atoms with van der Waals surface area (Å²) in [4.78, 5) is 17.3. The number of rotatable bonds is 7. The quantitative estimate of drug-likeness (QED) is 0.637. The molecular formula is C25H31N4O2+. The van der Waals surface area contributed by atoms with Gasteiger partial charge in [-0.1, -0.05) is 48.5 Å². The molecule has 0 bridgehead atoms. The number of ether oxygens (including phenoxy) is 1. The van der Waals surface area contributed by atoms with Crippen molar-refractivity contribution >= 4 is 5.91 Å². The molecule has 1 saturated heterocycles. The van der Waals surface area contributed by atoms with Gasteiger partial charge in [-0.25, -0.2) is 0 Å². The number of nitrogens with one attached hydrogen (secondary N) is 1. The van der Waals surface area contributed by atoms with Crippen molar-refractivity contribution in [3.05, 3.63) is 77.6 Å². The molecule has 1 aliphatic rings. The fraction of sp³-hybridized carbons (Fsp3) is 0.360. The Morgan fingerprint density at radius 2 is 1.81 bits per heavy atom. The number of aryl methyl sites for hydroxylation is 2. The van der Waals surface area contributed by atoms with Gasteiger partial charge in [-0.05, 0) is 30.2 Å². The minimum absolute atomic E-state index is 0.0611. The number of hydrogen-bond acceptors (Lipinski definition) is 3. The lowest BCUT2D eigenvalue weighted by Crippen LogP contribution is -3.14. The van der Waals surface area contributed by atoms with Crippen LogP contribution in [0.5, 0.6) is 0 Å². The third-order valence-corrected chi connectivity index (χ3v) is 5.92. The number of hydrogen-bond donors (Lipinski definition) is 1. The number of benzene rings is 2. The lowest BCUT2D eigenvalue weighted by molar-refractivity contribution is -0.907. The maximum atomic E-state index is 13.8. The molecule has 0 spiro atoms. The summed E-state index contributed by atoms with van der Waals surface area (Å²) in [5.41, 5.74) is 4.78. The van der Waals surface area contributed by atoms with E-state index in [0.29, 0.717) is 13.1 Å². The van der Waals surface area contributed by atoms with Gasteiger partial charge in [0.15, 0.2) is 0 Å². The summed E-state index contributed by atoms with van der Waals surface area (Å²) < 4.78 is 7.36. The molecule has 0 atom stereocenters. The first-order valence-corrected chi connectivity index (χ1v) is 11.0. The summed E-state index contributed by atoms with van der Waals surface area (Å²) >= 11 is 0. The standard InChI is InChI=1S/C25H30N4O2/c1-20-18-22(27(2)26-20)19-29(13-12-28-14-16-31-17-15-28)25(30)24-11-7-6-10-23(24)21-8-4-3-5-9-21/h3-11,18H,12-17,19H2,1-2H3/p+1. The van der Waals surface area contributed by atoms with Crippen molar-refractivity contribution < 1.29 is 14.4 Å². The highest BCUT2D eigenvalue weighted by Crippen LogP contribution is 2.25. The van der Waals surface area contributed by atoms with Gasteiger partial charge in [-0.3, -0.25) is 9.48 Å². The molecule has 3 aromatic rings. The molecule has 4 rings (SSSR count). The maximum Gasteiger partial charge on any atom is 0.255 e. The second-order valence-corrected chi connectivity index (χ2v) is 8.15. The Balaban J connectivity index is 1.61. The van der Waals surface area contributed by atoms with E-state index in [0.717, 1.165) is 60.9 Å². The Morgan fingerprint density at radius 1 is 1.10 bits per heavy atom. The van der Waals surface area contributed by atoms with E-state index >= 15 is 0 Å². The van der Waals surface area contributed by atoms with Gasteiger partial charge in [0.1, 0.15) is 13.1 Å². The predicted octanol–water partition coefficient (Wildman–Crippen LogP) is 1.95. The van der Waals surface area contributed by atoms with Crippen LogP contribution in [0.4, 0.5) is 0 Å². The van der Waals surface area contributed by atoms with Gasteiger partial charge in [0.25, 0.3) is 5.91 Å². The minimum atomic E-state index is 0.0611. The molecule has 0 unspecified atom stereocenters. The van der Waals surface area contributed by atoms with Crippen LogP contribution in [0.2, 0.25) is 0 Å². The molecule has 1 aliphatic heterocycles. The van der Waals surface area contributed by atoms with Gasteiger partial charge in [-0.15, -0.1) is 0 Å². The molecule has 0 radical (unpaired) electrons. The van der Waals surface area contributed by atoms with Crippen molar-refractivity contribution in [3.8, 4) is 11.1 Å². The lowest BCUT2D eigenvalue weighted by atomic mass is 9.99. The Hall–Kier alpha value is -2.96. The summed E-state index contributed by atoms with van der Waals surface area (Å²) in [7, 11) is 1.94. The average molecular weight is 420 g/mol. The van der Waals surface area contributed by atoms with E-state index in [-0.39, 0.29) is 5.91 Å². The fourth-order valence-corrected chi connectivity index (χ4v) is 4.17. The number of carbonyl (C=O) groups is 1. The molecule has 2 heterocycles. The summed E-state index contributed by atoms with van der Waals surface area (Å²) in [6.07, 6.45) is 0. The van der Waals surface area contributed by atoms with Gasteiger partial charge < -0.3 is 14.5 Å². The number of carbonyl (C=O) groups excluding carboxylic acids is 1. The zero-order chi connectivity index (χ0) is 21.6. The van der Waals surface area contributed by atoms with Crippen molar-refractivity contribution in [1.29, 1.82) is 0 Å². The number of aromatic nitrogens is 2. The molecule has 6 heteroatoms. The van der Waals surface area contributed by atoms with Gasteiger partial charge in [0.2, 0.25) is 0 Å². The molecule has 0 saturated carbocycles. The molecular weight excluding hydrogens is 388 g/mol. The van der Waals surface area contributed by atoms with Crippen LogP contribution < -0.4 is 4.90 Å². The van der Waals surface area contributed by atoms with Crippen LogP contribution in [0, 0.1) is 6.92 Å². The van der Waals surface area contributed by atoms with Gasteiger partial charge in [-0.2, -0.15) is 5.10 Å². The first-order valence-electron chi connectivity index (χ1n) is 11.0. The van der Waals surface area contributed by atoms with Crippen molar-refractivity contribution in [3.63, 3.8) is 0 Å². The molecule has 6 nitrogen and oxygen atoms in total. The largest absolute Gasteiger partial charge is 0.370 e. The molecule has 2 aromatic carbocycles. The van der Waals surface area contributed by atoms with E-state index in [9.17, 15) is 4.79 Å². The summed E-state index contributed by atoms with van der Waals surface area (Å²) in [5.74, 6) is 0.0611. The maximum absolute atomic E-state index is 13.8. The molecule has 1 aromatic heterocycles. The number of quaternary nitrogens is 1. The zero-order valence-electron chi connectivity index (χ0n) is 18.4. The van der Waals surface area contributed by atoms with E-state index in [4.69, 9.17) is 4.74 Å². The normalized spacial score (nSPS) is 14.5. The number of morpholine rings is 1. The summed E-state index contributed by atoms with van der Waals surface area (Å²) in [6, 6.07) is 20.1. The highest BCUT2D eigenvalue weighted by atomic mass is 16.5. The first-order chi connectivity index (χ1) is 15.1. The highest BCUT2D eigenvalue weighted by Gasteiger charge is 2.23. The van der Waals surface area contributed by atoms with Crippen LogP contribution in [-0.2, 0) is 18.3 Å². The van der Waals surface area contributed by atoms with Crippen molar-refractivity contribution in [2.45, 2.75) is 13.5 Å². The van der Waals surface area contributed by atoms with E-state index in [1.807, 2.05) is 66.0 Å². The molecule has 1 N–H and O–H groups in total. The minimum Gasteiger partial charge on any atom is -0.370 e. The van der Waals surface area contributed by atoms with E-state index in [1.165, 1.54) is 4.90 Å². The second-order valence-electron chi connectivity index (χ2n) is 8.15. The Labute approximate surface area is 184 Å². The average Bonchev–Trinajstić information content (AvgIpc) is 3.13. The SMILES string of the molecule is Cc1cc(CN(CC[NH+]2CCOCC2)C(=O)c2ccccc2-c2ccccc2)n(C)n1. The monoisotopic (exact) mass is 419 g/mol. The number of amides is 1. The zero-order valence-corrected chi connectivity index (χ0v) is 18.4. The topological polar surface area (TPSA) is 51.8 Å². The molecule has 162 valence electrons. The van der Waals surface area contributed by atoms with Crippen LogP contribution in [0.25, 0.3) is 11.1 Å². The molecule has 1 amide bonds. The Morgan fingerprint density at radius 3 is 2.52 bits per heavy atom. The first kappa shape index (κ1) is 21.3. The Bertz CT molecular complexity index is 1010.